The van der Waals surface area contributed by atoms with Gasteiger partial charge in [0.1, 0.15) is 5.75 Å². The average Bonchev–Trinajstić information content (AvgIpc) is 2.97. The fraction of sp³-hybridized carbons (Fsp3) is 0.105. The van der Waals surface area contributed by atoms with E-state index in [1.807, 2.05) is 24.3 Å². The Bertz CT molecular complexity index is 891. The minimum absolute atomic E-state index is 0.199. The highest BCUT2D eigenvalue weighted by atomic mass is 32.2. The molecular formula is C19H16N2O4S. The van der Waals surface area contributed by atoms with Crippen molar-refractivity contribution in [2.45, 2.75) is 6.54 Å². The molecule has 1 aliphatic rings. The highest BCUT2D eigenvalue weighted by molar-refractivity contribution is 8.18. The SMILES string of the molecule is COc1cccc(CNC(=O)c2ccc(/C=C3/SC(=O)NC3=O)cc2)c1. The first-order valence-corrected chi connectivity index (χ1v) is 8.63. The second-order valence-electron chi connectivity index (χ2n) is 5.51. The Labute approximate surface area is 154 Å². The van der Waals surface area contributed by atoms with Gasteiger partial charge in [-0.25, -0.2) is 0 Å². The van der Waals surface area contributed by atoms with E-state index in [2.05, 4.69) is 10.6 Å². The third kappa shape index (κ3) is 4.31. The zero-order valence-corrected chi connectivity index (χ0v) is 14.8. The number of carbonyl (C=O) groups is 3. The minimum atomic E-state index is -0.403. The van der Waals surface area contributed by atoms with Crippen molar-refractivity contribution in [3.05, 3.63) is 70.1 Å². The fourth-order valence-electron chi connectivity index (χ4n) is 2.37. The van der Waals surface area contributed by atoms with E-state index < -0.39 is 5.91 Å². The molecule has 0 bridgehead atoms. The van der Waals surface area contributed by atoms with Crippen LogP contribution in [0.3, 0.4) is 0 Å². The summed E-state index contributed by atoms with van der Waals surface area (Å²) in [5.41, 5.74) is 2.18. The molecule has 0 aromatic heterocycles. The number of amides is 3. The second-order valence-corrected chi connectivity index (χ2v) is 6.52. The van der Waals surface area contributed by atoms with E-state index in [-0.39, 0.29) is 11.1 Å². The predicted octanol–water partition coefficient (Wildman–Crippen LogP) is 2.95. The number of rotatable bonds is 5. The van der Waals surface area contributed by atoms with Crippen LogP contribution >= 0.6 is 11.8 Å². The van der Waals surface area contributed by atoms with Crippen molar-refractivity contribution in [1.29, 1.82) is 0 Å². The van der Waals surface area contributed by atoms with Crippen LogP contribution in [0, 0.1) is 0 Å². The lowest BCUT2D eigenvalue weighted by molar-refractivity contribution is -0.115. The van der Waals surface area contributed by atoms with Gasteiger partial charge in [0.05, 0.1) is 12.0 Å². The van der Waals surface area contributed by atoms with E-state index in [9.17, 15) is 14.4 Å². The molecule has 0 unspecified atom stereocenters. The molecule has 132 valence electrons. The Morgan fingerprint density at radius 2 is 1.96 bits per heavy atom. The molecule has 2 aromatic carbocycles. The van der Waals surface area contributed by atoms with Gasteiger partial charge in [-0.1, -0.05) is 24.3 Å². The van der Waals surface area contributed by atoms with Crippen molar-refractivity contribution >= 4 is 34.9 Å². The molecule has 2 aromatic rings. The van der Waals surface area contributed by atoms with Gasteiger partial charge in [0.15, 0.2) is 0 Å². The lowest BCUT2D eigenvalue weighted by Crippen LogP contribution is -2.22. The molecule has 7 heteroatoms. The lowest BCUT2D eigenvalue weighted by atomic mass is 10.1. The number of benzene rings is 2. The molecule has 1 aliphatic heterocycles. The number of hydrogen-bond donors (Lipinski definition) is 2. The van der Waals surface area contributed by atoms with Gasteiger partial charge >= 0.3 is 0 Å². The van der Waals surface area contributed by atoms with Gasteiger partial charge in [-0.15, -0.1) is 0 Å². The van der Waals surface area contributed by atoms with Gasteiger partial charge in [-0.05, 0) is 53.2 Å². The third-order valence-corrected chi connectivity index (χ3v) is 4.51. The quantitative estimate of drug-likeness (QED) is 0.793. The van der Waals surface area contributed by atoms with E-state index in [0.717, 1.165) is 28.6 Å². The maximum Gasteiger partial charge on any atom is 0.290 e. The van der Waals surface area contributed by atoms with Crippen molar-refractivity contribution in [2.24, 2.45) is 0 Å². The average molecular weight is 368 g/mol. The number of imide groups is 1. The molecule has 0 atom stereocenters. The summed E-state index contributed by atoms with van der Waals surface area (Å²) in [5, 5.41) is 4.67. The first-order valence-electron chi connectivity index (χ1n) is 7.81. The highest BCUT2D eigenvalue weighted by Crippen LogP contribution is 2.25. The van der Waals surface area contributed by atoms with Crippen molar-refractivity contribution in [1.82, 2.24) is 10.6 Å². The van der Waals surface area contributed by atoms with Crippen LogP contribution in [-0.2, 0) is 11.3 Å². The molecule has 3 rings (SSSR count). The normalized spacial score (nSPS) is 15.0. The molecule has 1 heterocycles. The largest absolute Gasteiger partial charge is 0.497 e. The number of carbonyl (C=O) groups excluding carboxylic acids is 3. The first kappa shape index (κ1) is 17.8. The van der Waals surface area contributed by atoms with Gasteiger partial charge in [-0.3, -0.25) is 19.7 Å². The summed E-state index contributed by atoms with van der Waals surface area (Å²) in [6, 6.07) is 14.3. The zero-order valence-electron chi connectivity index (χ0n) is 13.9. The van der Waals surface area contributed by atoms with Crippen LogP contribution in [0.4, 0.5) is 4.79 Å². The third-order valence-electron chi connectivity index (χ3n) is 3.70. The van der Waals surface area contributed by atoms with Gasteiger partial charge < -0.3 is 10.1 Å². The van der Waals surface area contributed by atoms with E-state index in [1.165, 1.54) is 0 Å². The van der Waals surface area contributed by atoms with Crippen molar-refractivity contribution in [3.8, 4) is 5.75 Å². The standard InChI is InChI=1S/C19H16N2O4S/c1-25-15-4-2-3-13(9-15)11-20-17(22)14-7-5-12(6-8-14)10-16-18(23)21-19(24)26-16/h2-10H,11H2,1H3,(H,20,22)(H,21,23,24)/b16-10+. The monoisotopic (exact) mass is 368 g/mol. The first-order chi connectivity index (χ1) is 12.5. The van der Waals surface area contributed by atoms with Crippen LogP contribution in [0.25, 0.3) is 6.08 Å². The van der Waals surface area contributed by atoms with Gasteiger partial charge in [0, 0.05) is 12.1 Å². The molecule has 0 saturated carbocycles. The van der Waals surface area contributed by atoms with E-state index in [4.69, 9.17) is 4.74 Å². The van der Waals surface area contributed by atoms with Crippen LogP contribution in [0.2, 0.25) is 0 Å². The van der Waals surface area contributed by atoms with Gasteiger partial charge in [0.25, 0.3) is 17.1 Å². The second kappa shape index (κ2) is 7.88. The Balaban J connectivity index is 1.62. The van der Waals surface area contributed by atoms with Crippen LogP contribution in [0.1, 0.15) is 21.5 Å². The number of nitrogens with one attached hydrogen (secondary N) is 2. The van der Waals surface area contributed by atoms with Crippen LogP contribution in [0.15, 0.2) is 53.4 Å². The molecule has 2 N–H and O–H groups in total. The Morgan fingerprint density at radius 1 is 1.19 bits per heavy atom. The van der Waals surface area contributed by atoms with Crippen LogP contribution in [0.5, 0.6) is 5.75 Å². The molecular weight excluding hydrogens is 352 g/mol. The predicted molar refractivity (Wildman–Crippen MR) is 99.7 cm³/mol. The Morgan fingerprint density at radius 3 is 2.62 bits per heavy atom. The van der Waals surface area contributed by atoms with Crippen LogP contribution in [-0.4, -0.2) is 24.2 Å². The molecule has 0 radical (unpaired) electrons. The topological polar surface area (TPSA) is 84.5 Å². The highest BCUT2D eigenvalue weighted by Gasteiger charge is 2.24. The summed E-state index contributed by atoms with van der Waals surface area (Å²) in [6.45, 7) is 0.390. The van der Waals surface area contributed by atoms with Crippen LogP contribution < -0.4 is 15.4 Å². The Hall–Kier alpha value is -3.06. The van der Waals surface area contributed by atoms with Crippen molar-refractivity contribution in [3.63, 3.8) is 0 Å². The summed E-state index contributed by atoms with van der Waals surface area (Å²) >= 11 is 0.860. The molecule has 3 amide bonds. The van der Waals surface area contributed by atoms with Crippen molar-refractivity contribution in [2.75, 3.05) is 7.11 Å². The maximum absolute atomic E-state index is 12.3. The lowest BCUT2D eigenvalue weighted by Gasteiger charge is -2.07. The summed E-state index contributed by atoms with van der Waals surface area (Å²) in [6.07, 6.45) is 1.61. The maximum atomic E-state index is 12.3. The summed E-state index contributed by atoms with van der Waals surface area (Å²) in [7, 11) is 1.60. The Kier molecular flexibility index (Phi) is 5.38. The molecule has 1 fully saturated rings. The zero-order chi connectivity index (χ0) is 18.5. The molecule has 1 saturated heterocycles. The van der Waals surface area contributed by atoms with E-state index in [1.54, 1.807) is 37.5 Å². The molecule has 6 nitrogen and oxygen atoms in total. The summed E-state index contributed by atoms with van der Waals surface area (Å²) in [4.78, 5) is 35.3. The number of methoxy groups -OCH3 is 1. The van der Waals surface area contributed by atoms with E-state index in [0.29, 0.717) is 17.0 Å². The fourth-order valence-corrected chi connectivity index (χ4v) is 3.05. The van der Waals surface area contributed by atoms with E-state index >= 15 is 0 Å². The van der Waals surface area contributed by atoms with Gasteiger partial charge in [0.2, 0.25) is 0 Å². The smallest absolute Gasteiger partial charge is 0.290 e. The minimum Gasteiger partial charge on any atom is -0.497 e. The van der Waals surface area contributed by atoms with Crippen molar-refractivity contribution < 1.29 is 19.1 Å². The summed E-state index contributed by atoms with van der Waals surface area (Å²) in [5.74, 6) is 0.136. The molecule has 0 aliphatic carbocycles. The van der Waals surface area contributed by atoms with Gasteiger partial charge in [-0.2, -0.15) is 0 Å². The number of hydrogen-bond acceptors (Lipinski definition) is 5. The number of ether oxygens (including phenoxy) is 1. The summed E-state index contributed by atoms with van der Waals surface area (Å²) < 4.78 is 5.16. The molecule has 26 heavy (non-hydrogen) atoms. The molecule has 0 spiro atoms. The number of thioether (sulfide) groups is 1.